The normalized spacial score (nSPS) is 22.4. The summed E-state index contributed by atoms with van der Waals surface area (Å²) in [6.07, 6.45) is 9.11. The summed E-state index contributed by atoms with van der Waals surface area (Å²) in [6.45, 7) is 7.59. The highest BCUT2D eigenvalue weighted by Crippen LogP contribution is 2.35. The van der Waals surface area contributed by atoms with Gasteiger partial charge in [-0.25, -0.2) is 0 Å². The zero-order valence-electron chi connectivity index (χ0n) is 12.2. The van der Waals surface area contributed by atoms with Crippen LogP contribution >= 0.6 is 0 Å². The first-order valence-corrected chi connectivity index (χ1v) is 7.46. The quantitative estimate of drug-likeness (QED) is 0.715. The number of likely N-dealkylation sites (N-methyl/N-ethyl adjacent to an activating group) is 1. The van der Waals surface area contributed by atoms with Gasteiger partial charge in [0.15, 0.2) is 0 Å². The standard InChI is InChI=1S/C15H31NO/c1-5-17-15(10-8-6-7-9-11-15)14(16-4)12-13(2)3/h13-14,16H,5-12H2,1-4H3. The van der Waals surface area contributed by atoms with Gasteiger partial charge in [-0.2, -0.15) is 0 Å². The monoisotopic (exact) mass is 241 g/mol. The van der Waals surface area contributed by atoms with Gasteiger partial charge in [-0.05, 0) is 39.2 Å². The Morgan fingerprint density at radius 1 is 1.12 bits per heavy atom. The van der Waals surface area contributed by atoms with Crippen molar-refractivity contribution >= 4 is 0 Å². The molecule has 0 radical (unpaired) electrons. The molecule has 0 bridgehead atoms. The van der Waals surface area contributed by atoms with Gasteiger partial charge in [-0.3, -0.25) is 0 Å². The summed E-state index contributed by atoms with van der Waals surface area (Å²) in [4.78, 5) is 0. The van der Waals surface area contributed by atoms with Crippen LogP contribution in [-0.4, -0.2) is 25.3 Å². The SMILES string of the molecule is CCOC1(C(CC(C)C)NC)CCCCCC1. The van der Waals surface area contributed by atoms with Crippen LogP contribution in [0, 0.1) is 5.92 Å². The Morgan fingerprint density at radius 2 is 1.71 bits per heavy atom. The van der Waals surface area contributed by atoms with Crippen LogP contribution < -0.4 is 5.32 Å². The molecule has 1 aliphatic carbocycles. The van der Waals surface area contributed by atoms with E-state index in [9.17, 15) is 0 Å². The Hall–Kier alpha value is -0.0800. The van der Waals surface area contributed by atoms with Gasteiger partial charge in [-0.1, -0.05) is 39.5 Å². The number of ether oxygens (including phenoxy) is 1. The van der Waals surface area contributed by atoms with E-state index < -0.39 is 0 Å². The Morgan fingerprint density at radius 3 is 2.12 bits per heavy atom. The van der Waals surface area contributed by atoms with Crippen molar-refractivity contribution in [2.24, 2.45) is 5.92 Å². The number of hydrogen-bond donors (Lipinski definition) is 1. The van der Waals surface area contributed by atoms with E-state index in [1.165, 1.54) is 44.9 Å². The van der Waals surface area contributed by atoms with E-state index >= 15 is 0 Å². The van der Waals surface area contributed by atoms with Crippen molar-refractivity contribution in [2.45, 2.75) is 77.4 Å². The summed E-state index contributed by atoms with van der Waals surface area (Å²) in [5.74, 6) is 0.730. The van der Waals surface area contributed by atoms with Crippen LogP contribution in [0.25, 0.3) is 0 Å². The lowest BCUT2D eigenvalue weighted by Gasteiger charge is -2.41. The van der Waals surface area contributed by atoms with Crippen LogP contribution in [0.1, 0.15) is 65.7 Å². The predicted molar refractivity (Wildman–Crippen MR) is 74.4 cm³/mol. The molecular formula is C15H31NO. The Balaban J connectivity index is 2.77. The van der Waals surface area contributed by atoms with E-state index in [1.807, 2.05) is 0 Å². The molecule has 1 atom stereocenters. The largest absolute Gasteiger partial charge is 0.374 e. The molecule has 2 nitrogen and oxygen atoms in total. The molecule has 0 amide bonds. The van der Waals surface area contributed by atoms with Gasteiger partial charge in [-0.15, -0.1) is 0 Å². The molecule has 1 fully saturated rings. The van der Waals surface area contributed by atoms with Crippen molar-refractivity contribution in [3.8, 4) is 0 Å². The predicted octanol–water partition coefficient (Wildman–Crippen LogP) is 3.75. The molecule has 0 aliphatic heterocycles. The fourth-order valence-electron chi connectivity index (χ4n) is 3.27. The summed E-state index contributed by atoms with van der Waals surface area (Å²) in [5.41, 5.74) is 0.101. The van der Waals surface area contributed by atoms with Crippen molar-refractivity contribution in [2.75, 3.05) is 13.7 Å². The summed E-state index contributed by atoms with van der Waals surface area (Å²) >= 11 is 0. The maximum atomic E-state index is 6.24. The van der Waals surface area contributed by atoms with Gasteiger partial charge in [0.05, 0.1) is 5.60 Å². The molecule has 1 aliphatic rings. The highest BCUT2D eigenvalue weighted by atomic mass is 16.5. The molecule has 2 heteroatoms. The summed E-state index contributed by atoms with van der Waals surface area (Å²) in [5, 5.41) is 3.53. The summed E-state index contributed by atoms with van der Waals surface area (Å²) in [6, 6.07) is 0.514. The zero-order valence-corrected chi connectivity index (χ0v) is 12.2. The molecule has 1 unspecified atom stereocenters. The molecule has 1 N–H and O–H groups in total. The molecule has 17 heavy (non-hydrogen) atoms. The smallest absolute Gasteiger partial charge is 0.0834 e. The fourth-order valence-corrected chi connectivity index (χ4v) is 3.27. The first-order valence-electron chi connectivity index (χ1n) is 7.46. The Labute approximate surface area is 108 Å². The molecule has 1 rings (SSSR count). The average Bonchev–Trinajstić information content (AvgIpc) is 2.52. The highest BCUT2D eigenvalue weighted by Gasteiger charge is 2.39. The highest BCUT2D eigenvalue weighted by molar-refractivity contribution is 4.94. The van der Waals surface area contributed by atoms with E-state index in [-0.39, 0.29) is 5.60 Å². The van der Waals surface area contributed by atoms with Crippen LogP contribution in [0.2, 0.25) is 0 Å². The van der Waals surface area contributed by atoms with Crippen LogP contribution in [0.15, 0.2) is 0 Å². The van der Waals surface area contributed by atoms with Crippen LogP contribution in [0.5, 0.6) is 0 Å². The Kier molecular flexibility index (Phi) is 6.50. The van der Waals surface area contributed by atoms with E-state index in [1.54, 1.807) is 0 Å². The maximum Gasteiger partial charge on any atom is 0.0834 e. The van der Waals surface area contributed by atoms with Gasteiger partial charge in [0.2, 0.25) is 0 Å². The average molecular weight is 241 g/mol. The minimum Gasteiger partial charge on any atom is -0.374 e. The summed E-state index contributed by atoms with van der Waals surface area (Å²) < 4.78 is 6.24. The summed E-state index contributed by atoms with van der Waals surface area (Å²) in [7, 11) is 2.10. The van der Waals surface area contributed by atoms with Crippen molar-refractivity contribution < 1.29 is 4.74 Å². The second-order valence-corrected chi connectivity index (χ2v) is 5.88. The second kappa shape index (κ2) is 7.38. The van der Waals surface area contributed by atoms with Crippen LogP contribution in [0.4, 0.5) is 0 Å². The van der Waals surface area contributed by atoms with Gasteiger partial charge in [0.1, 0.15) is 0 Å². The van der Waals surface area contributed by atoms with Crippen molar-refractivity contribution in [1.29, 1.82) is 0 Å². The van der Waals surface area contributed by atoms with E-state index in [4.69, 9.17) is 4.74 Å². The molecule has 0 saturated heterocycles. The first kappa shape index (κ1) is 15.0. The number of nitrogens with one attached hydrogen (secondary N) is 1. The third-order valence-corrected chi connectivity index (χ3v) is 4.07. The molecule has 0 aromatic carbocycles. The lowest BCUT2D eigenvalue weighted by atomic mass is 9.82. The van der Waals surface area contributed by atoms with Gasteiger partial charge >= 0.3 is 0 Å². The minimum atomic E-state index is 0.101. The lowest BCUT2D eigenvalue weighted by molar-refractivity contribution is -0.0793. The molecule has 0 aromatic rings. The van der Waals surface area contributed by atoms with Gasteiger partial charge in [0, 0.05) is 12.6 Å². The second-order valence-electron chi connectivity index (χ2n) is 5.88. The van der Waals surface area contributed by atoms with E-state index in [0.29, 0.717) is 6.04 Å². The minimum absolute atomic E-state index is 0.101. The molecule has 0 spiro atoms. The van der Waals surface area contributed by atoms with Crippen LogP contribution in [-0.2, 0) is 4.74 Å². The van der Waals surface area contributed by atoms with E-state index in [0.717, 1.165) is 12.5 Å². The van der Waals surface area contributed by atoms with Crippen molar-refractivity contribution in [3.05, 3.63) is 0 Å². The molecule has 0 heterocycles. The molecule has 1 saturated carbocycles. The van der Waals surface area contributed by atoms with Gasteiger partial charge < -0.3 is 10.1 Å². The fraction of sp³-hybridized carbons (Fsp3) is 1.00. The first-order chi connectivity index (χ1) is 8.14. The topological polar surface area (TPSA) is 21.3 Å². The number of hydrogen-bond acceptors (Lipinski definition) is 2. The molecule has 102 valence electrons. The third kappa shape index (κ3) is 4.26. The van der Waals surface area contributed by atoms with Crippen molar-refractivity contribution in [1.82, 2.24) is 5.32 Å². The molecular weight excluding hydrogens is 210 g/mol. The zero-order chi connectivity index (χ0) is 12.7. The third-order valence-electron chi connectivity index (χ3n) is 4.07. The van der Waals surface area contributed by atoms with Gasteiger partial charge in [0.25, 0.3) is 0 Å². The number of rotatable bonds is 6. The van der Waals surface area contributed by atoms with Crippen molar-refractivity contribution in [3.63, 3.8) is 0 Å². The van der Waals surface area contributed by atoms with E-state index in [2.05, 4.69) is 33.1 Å². The molecule has 0 aromatic heterocycles. The maximum absolute atomic E-state index is 6.24. The Bertz CT molecular complexity index is 195. The lowest BCUT2D eigenvalue weighted by Crippen LogP contribution is -2.52. The van der Waals surface area contributed by atoms with Crippen LogP contribution in [0.3, 0.4) is 0 Å².